The first-order valence-electron chi connectivity index (χ1n) is 12.8. The fourth-order valence-electron chi connectivity index (χ4n) is 5.14. The molecule has 4 atom stereocenters. The Bertz CT molecular complexity index is 1810. The van der Waals surface area contributed by atoms with E-state index in [0.717, 1.165) is 27.8 Å². The molecule has 6 aromatic rings. The number of aliphatic hydroxyl groups is 2. The number of imidazole rings is 2. The van der Waals surface area contributed by atoms with Crippen LogP contribution in [0.15, 0.2) is 67.4 Å². The van der Waals surface area contributed by atoms with Crippen molar-refractivity contribution in [3.05, 3.63) is 78.8 Å². The summed E-state index contributed by atoms with van der Waals surface area (Å²) in [5.41, 5.74) is 4.06. The van der Waals surface area contributed by atoms with E-state index >= 15 is 0 Å². The van der Waals surface area contributed by atoms with Crippen molar-refractivity contribution in [2.24, 2.45) is 0 Å². The molecule has 1 fully saturated rings. The summed E-state index contributed by atoms with van der Waals surface area (Å²) in [5, 5.41) is 27.8. The number of benzene rings is 2. The van der Waals surface area contributed by atoms with Gasteiger partial charge in [-0.1, -0.05) is 12.1 Å². The Hall–Kier alpha value is -4.85. The van der Waals surface area contributed by atoms with Gasteiger partial charge in [0.15, 0.2) is 23.2 Å². The Balaban J connectivity index is 1.16. The zero-order valence-electron chi connectivity index (χ0n) is 21.0. The second-order valence-electron chi connectivity index (χ2n) is 9.62. The van der Waals surface area contributed by atoms with Gasteiger partial charge in [-0.3, -0.25) is 9.36 Å². The van der Waals surface area contributed by atoms with E-state index in [1.807, 2.05) is 36.4 Å². The van der Waals surface area contributed by atoms with Crippen LogP contribution in [0.5, 0.6) is 0 Å². The first-order valence-corrected chi connectivity index (χ1v) is 12.8. The van der Waals surface area contributed by atoms with Crippen LogP contribution in [0.4, 0.5) is 5.82 Å². The molecule has 2 aromatic carbocycles. The minimum absolute atomic E-state index is 0.378. The number of aromatic nitrogens is 7. The number of fused-ring (bicyclic) bond motifs is 3. The third-order valence-electron chi connectivity index (χ3n) is 7.16. The number of amides is 1. The van der Waals surface area contributed by atoms with E-state index in [9.17, 15) is 15.0 Å². The summed E-state index contributed by atoms with van der Waals surface area (Å²) in [6.45, 7) is -0.0473. The van der Waals surface area contributed by atoms with E-state index in [2.05, 4.69) is 40.5 Å². The predicted octanol–water partition coefficient (Wildman–Crippen LogP) is 1.85. The van der Waals surface area contributed by atoms with Gasteiger partial charge in [0.1, 0.15) is 30.4 Å². The first-order chi connectivity index (χ1) is 19.6. The molecular formula is C27H25N9O4. The number of carbonyl (C=O) groups excluding carboxylic acids is 1. The normalized spacial score (nSPS) is 20.9. The molecule has 1 saturated heterocycles. The maximum absolute atomic E-state index is 13.2. The maximum Gasteiger partial charge on any atom is 0.251 e. The van der Waals surface area contributed by atoms with Crippen molar-refractivity contribution >= 4 is 44.8 Å². The third kappa shape index (κ3) is 4.12. The SMILES string of the molecule is O=C(N[C@@H]1[C@H](O)[C@@H](CO)O[C@H]1n1cnc2c(NCc3nc4ccccc4[nH]3)ncnc21)c1ccc2[nH]ccc2c1. The molecule has 1 amide bonds. The summed E-state index contributed by atoms with van der Waals surface area (Å²) in [5.74, 6) is 0.842. The van der Waals surface area contributed by atoms with Crippen LogP contribution in [0.1, 0.15) is 22.4 Å². The molecule has 1 aliphatic heterocycles. The van der Waals surface area contributed by atoms with E-state index < -0.39 is 31.1 Å². The lowest BCUT2D eigenvalue weighted by Gasteiger charge is -2.23. The van der Waals surface area contributed by atoms with E-state index in [1.54, 1.807) is 22.9 Å². The van der Waals surface area contributed by atoms with Gasteiger partial charge in [0.2, 0.25) is 0 Å². The first kappa shape index (κ1) is 24.2. The molecule has 6 N–H and O–H groups in total. The number of anilines is 1. The summed E-state index contributed by atoms with van der Waals surface area (Å²) in [4.78, 5) is 37.4. The number of hydrogen-bond acceptors (Lipinski definition) is 9. The van der Waals surface area contributed by atoms with Crippen LogP contribution in [0.25, 0.3) is 33.1 Å². The number of rotatable bonds is 7. The average Bonchev–Trinajstić information content (AvgIpc) is 3.76. The van der Waals surface area contributed by atoms with Gasteiger partial charge >= 0.3 is 0 Å². The number of hydrogen-bond donors (Lipinski definition) is 6. The van der Waals surface area contributed by atoms with Crippen molar-refractivity contribution < 1.29 is 19.7 Å². The number of nitrogens with zero attached hydrogens (tertiary/aromatic N) is 5. The van der Waals surface area contributed by atoms with Gasteiger partial charge in [0.25, 0.3) is 5.91 Å². The average molecular weight is 540 g/mol. The largest absolute Gasteiger partial charge is 0.394 e. The highest BCUT2D eigenvalue weighted by Crippen LogP contribution is 2.32. The van der Waals surface area contributed by atoms with Crippen molar-refractivity contribution in [2.45, 2.75) is 31.0 Å². The highest BCUT2D eigenvalue weighted by Gasteiger charge is 2.46. The lowest BCUT2D eigenvalue weighted by molar-refractivity contribution is -0.0440. The van der Waals surface area contributed by atoms with E-state index in [-0.39, 0.29) is 5.91 Å². The van der Waals surface area contributed by atoms with Crippen molar-refractivity contribution in [1.82, 2.24) is 39.8 Å². The van der Waals surface area contributed by atoms with Crippen molar-refractivity contribution in [3.8, 4) is 0 Å². The minimum Gasteiger partial charge on any atom is -0.394 e. The summed E-state index contributed by atoms with van der Waals surface area (Å²) < 4.78 is 7.62. The van der Waals surface area contributed by atoms with Crippen LogP contribution in [0, 0.1) is 0 Å². The van der Waals surface area contributed by atoms with Crippen LogP contribution in [-0.4, -0.2) is 75.4 Å². The summed E-state index contributed by atoms with van der Waals surface area (Å²) >= 11 is 0. The van der Waals surface area contributed by atoms with Crippen LogP contribution in [-0.2, 0) is 11.3 Å². The molecule has 0 spiro atoms. The number of H-pyrrole nitrogens is 2. The second-order valence-corrected chi connectivity index (χ2v) is 9.62. The van der Waals surface area contributed by atoms with Crippen molar-refractivity contribution in [1.29, 1.82) is 0 Å². The lowest BCUT2D eigenvalue weighted by Crippen LogP contribution is -2.46. The van der Waals surface area contributed by atoms with Gasteiger partial charge in [-0.05, 0) is 36.4 Å². The second kappa shape index (κ2) is 9.72. The Labute approximate surface area is 226 Å². The Morgan fingerprint density at radius 3 is 2.88 bits per heavy atom. The number of aliphatic hydroxyl groups excluding tert-OH is 2. The number of carbonyl (C=O) groups is 1. The summed E-state index contributed by atoms with van der Waals surface area (Å²) in [6.07, 6.45) is 1.76. The highest BCUT2D eigenvalue weighted by molar-refractivity contribution is 5.98. The van der Waals surface area contributed by atoms with E-state index in [4.69, 9.17) is 4.74 Å². The minimum atomic E-state index is -1.17. The molecule has 40 heavy (non-hydrogen) atoms. The van der Waals surface area contributed by atoms with E-state index in [1.165, 1.54) is 12.7 Å². The molecule has 13 heteroatoms. The molecule has 4 aromatic heterocycles. The molecular weight excluding hydrogens is 514 g/mol. The maximum atomic E-state index is 13.2. The number of aromatic amines is 2. The molecule has 0 saturated carbocycles. The Morgan fingerprint density at radius 1 is 1.10 bits per heavy atom. The van der Waals surface area contributed by atoms with Gasteiger partial charge in [0.05, 0.1) is 30.5 Å². The third-order valence-corrected chi connectivity index (χ3v) is 7.16. The molecule has 1 aliphatic rings. The highest BCUT2D eigenvalue weighted by atomic mass is 16.5. The van der Waals surface area contributed by atoms with Gasteiger partial charge in [-0.15, -0.1) is 0 Å². The van der Waals surface area contributed by atoms with Gasteiger partial charge in [-0.25, -0.2) is 19.9 Å². The van der Waals surface area contributed by atoms with Crippen LogP contribution < -0.4 is 10.6 Å². The molecule has 202 valence electrons. The molecule has 0 radical (unpaired) electrons. The van der Waals surface area contributed by atoms with E-state index in [0.29, 0.717) is 29.1 Å². The number of nitrogens with one attached hydrogen (secondary N) is 4. The topological polar surface area (TPSA) is 179 Å². The number of para-hydroxylation sites is 2. The standard InChI is InChI=1S/C27H25N9O4/c37-11-19-23(38)21(35-26(39)15-5-6-16-14(9-15)7-8-28-16)27(40-19)36-13-32-22-24(30-12-31-25(22)36)29-10-20-33-17-3-1-2-4-18(17)34-20/h1-9,12-13,19,21,23,27-28,37-38H,10-11H2,(H,33,34)(H,35,39)(H,29,30,31)/t19-,21-,23-,27-/m1/s1. The predicted molar refractivity (Wildman–Crippen MR) is 145 cm³/mol. The fraction of sp³-hybridized carbons (Fsp3) is 0.222. The Kier molecular flexibility index (Phi) is 5.88. The molecule has 0 unspecified atom stereocenters. The molecule has 0 aliphatic carbocycles. The molecule has 0 bridgehead atoms. The number of ether oxygens (including phenoxy) is 1. The van der Waals surface area contributed by atoms with Crippen LogP contribution in [0.2, 0.25) is 0 Å². The lowest BCUT2D eigenvalue weighted by atomic mass is 10.1. The molecule has 13 nitrogen and oxygen atoms in total. The van der Waals surface area contributed by atoms with Crippen molar-refractivity contribution in [3.63, 3.8) is 0 Å². The Morgan fingerprint density at radius 2 is 2.00 bits per heavy atom. The van der Waals surface area contributed by atoms with Crippen LogP contribution in [0.3, 0.4) is 0 Å². The summed E-state index contributed by atoms with van der Waals surface area (Å²) in [7, 11) is 0. The molecule has 5 heterocycles. The molecule has 7 rings (SSSR count). The van der Waals surface area contributed by atoms with Crippen LogP contribution >= 0.6 is 0 Å². The van der Waals surface area contributed by atoms with Gasteiger partial charge < -0.3 is 35.6 Å². The monoisotopic (exact) mass is 539 g/mol. The quantitative estimate of drug-likeness (QED) is 0.177. The fourth-order valence-corrected chi connectivity index (χ4v) is 5.14. The smallest absolute Gasteiger partial charge is 0.251 e. The summed E-state index contributed by atoms with van der Waals surface area (Å²) in [6, 6.07) is 14.0. The van der Waals surface area contributed by atoms with Crippen molar-refractivity contribution in [2.75, 3.05) is 11.9 Å². The van der Waals surface area contributed by atoms with Gasteiger partial charge in [-0.2, -0.15) is 0 Å². The zero-order chi connectivity index (χ0) is 27.2. The van der Waals surface area contributed by atoms with Gasteiger partial charge in [0, 0.05) is 22.7 Å². The zero-order valence-corrected chi connectivity index (χ0v) is 21.0.